The number of carbonyl (C=O) groups is 1. The van der Waals surface area contributed by atoms with Crippen LogP contribution in [-0.2, 0) is 16.0 Å². The van der Waals surface area contributed by atoms with Crippen LogP contribution in [0.25, 0.3) is 0 Å². The summed E-state index contributed by atoms with van der Waals surface area (Å²) in [6.45, 7) is 8.76. The molecule has 1 aromatic carbocycles. The smallest absolute Gasteiger partial charge is 0.306 e. The normalized spacial score (nSPS) is 15.7. The number of halogens is 1. The number of ether oxygens (including phenoxy) is 2. The van der Waals surface area contributed by atoms with E-state index in [1.807, 2.05) is 13.8 Å². The van der Waals surface area contributed by atoms with Crippen molar-refractivity contribution < 1.29 is 28.9 Å². The number of methoxy groups -OCH3 is 1. The molecule has 1 aromatic rings. The molecule has 0 radical (unpaired) electrons. The van der Waals surface area contributed by atoms with Gasteiger partial charge in [-0.1, -0.05) is 33.8 Å². The first kappa shape index (κ1) is 27.3. The van der Waals surface area contributed by atoms with Gasteiger partial charge in [-0.25, -0.2) is 4.39 Å². The van der Waals surface area contributed by atoms with E-state index in [1.54, 1.807) is 19.2 Å². The van der Waals surface area contributed by atoms with E-state index in [9.17, 15) is 19.4 Å². The Morgan fingerprint density at radius 2 is 1.81 bits per heavy atom. The van der Waals surface area contributed by atoms with Crippen molar-refractivity contribution in [3.8, 4) is 5.75 Å². The average molecular weight is 442 g/mol. The second-order valence-corrected chi connectivity index (χ2v) is 9.06. The fourth-order valence-electron chi connectivity index (χ4n) is 3.66. The maximum absolute atomic E-state index is 14.1. The summed E-state index contributed by atoms with van der Waals surface area (Å²) in [4.78, 5) is 11.4. The van der Waals surface area contributed by atoms with E-state index in [2.05, 4.69) is 13.8 Å². The summed E-state index contributed by atoms with van der Waals surface area (Å²) in [5.41, 5.74) is 7.21. The van der Waals surface area contributed by atoms with Crippen LogP contribution in [0.2, 0.25) is 0 Å². The summed E-state index contributed by atoms with van der Waals surface area (Å²) >= 11 is 0. The van der Waals surface area contributed by atoms with Crippen molar-refractivity contribution in [2.24, 2.45) is 29.4 Å². The Hall–Kier alpha value is -1.70. The summed E-state index contributed by atoms with van der Waals surface area (Å²) in [7, 11) is 1.61. The molecule has 0 heterocycles. The third-order valence-corrected chi connectivity index (χ3v) is 5.87. The van der Waals surface area contributed by atoms with Gasteiger partial charge in [-0.15, -0.1) is 0 Å². The molecule has 0 saturated heterocycles. The predicted molar refractivity (Wildman–Crippen MR) is 120 cm³/mol. The topological polar surface area (TPSA) is 102 Å². The number of benzene rings is 1. The van der Waals surface area contributed by atoms with Crippen LogP contribution < -0.4 is 10.5 Å². The molecule has 0 fully saturated rings. The highest BCUT2D eigenvalue weighted by atomic mass is 19.1. The van der Waals surface area contributed by atoms with E-state index < -0.39 is 29.9 Å². The Labute approximate surface area is 185 Å². The standard InChI is InChI=1S/C24H40FNO5/c1-15(2)18(13-21(26)22(27)14-19(16(3)4)24(28)29)11-17-7-8-20(25)23(12-17)31-10-6-9-30-5/h7-8,12,15-16,18-19,21-22,27H,6,9-11,13-14,26H2,1-5H3,(H,28,29). The molecule has 0 aliphatic rings. The van der Waals surface area contributed by atoms with Crippen molar-refractivity contribution >= 4 is 5.97 Å². The third kappa shape index (κ3) is 9.54. The van der Waals surface area contributed by atoms with Crippen molar-refractivity contribution in [1.82, 2.24) is 0 Å². The van der Waals surface area contributed by atoms with Gasteiger partial charge in [0, 0.05) is 26.2 Å². The van der Waals surface area contributed by atoms with Gasteiger partial charge >= 0.3 is 5.97 Å². The number of rotatable bonds is 15. The van der Waals surface area contributed by atoms with Crippen LogP contribution in [0, 0.1) is 29.5 Å². The number of aliphatic hydroxyl groups is 1. The summed E-state index contributed by atoms with van der Waals surface area (Å²) in [5.74, 6) is -1.36. The molecule has 0 bridgehead atoms. The van der Waals surface area contributed by atoms with Crippen molar-refractivity contribution in [3.05, 3.63) is 29.6 Å². The van der Waals surface area contributed by atoms with Gasteiger partial charge in [0.05, 0.1) is 18.6 Å². The fourth-order valence-corrected chi connectivity index (χ4v) is 3.66. The summed E-state index contributed by atoms with van der Waals surface area (Å²) in [6.07, 6.45) is 1.13. The lowest BCUT2D eigenvalue weighted by Gasteiger charge is -2.29. The van der Waals surface area contributed by atoms with Crippen molar-refractivity contribution in [3.63, 3.8) is 0 Å². The minimum Gasteiger partial charge on any atom is -0.490 e. The molecule has 0 amide bonds. The quantitative estimate of drug-likeness (QED) is 0.357. The first-order valence-electron chi connectivity index (χ1n) is 11.1. The summed E-state index contributed by atoms with van der Waals surface area (Å²) in [6, 6.07) is 4.35. The van der Waals surface area contributed by atoms with Crippen LogP contribution in [-0.4, -0.2) is 48.7 Å². The second-order valence-electron chi connectivity index (χ2n) is 9.06. The molecule has 4 unspecified atom stereocenters. The molecule has 6 nitrogen and oxygen atoms in total. The number of carboxylic acids is 1. The molecule has 1 rings (SSSR count). The highest BCUT2D eigenvalue weighted by Gasteiger charge is 2.29. The molecule has 0 saturated carbocycles. The Bertz CT molecular complexity index is 667. The molecular weight excluding hydrogens is 401 g/mol. The highest BCUT2D eigenvalue weighted by Crippen LogP contribution is 2.28. The van der Waals surface area contributed by atoms with E-state index in [0.29, 0.717) is 32.5 Å². The number of aliphatic carboxylic acids is 1. The summed E-state index contributed by atoms with van der Waals surface area (Å²) in [5, 5.41) is 19.9. The molecule has 0 aliphatic carbocycles. The van der Waals surface area contributed by atoms with Gasteiger partial charge in [-0.2, -0.15) is 0 Å². The number of hydrogen-bond donors (Lipinski definition) is 3. The Balaban J connectivity index is 2.78. The van der Waals surface area contributed by atoms with E-state index in [-0.39, 0.29) is 29.9 Å². The number of hydrogen-bond acceptors (Lipinski definition) is 5. The van der Waals surface area contributed by atoms with E-state index >= 15 is 0 Å². The van der Waals surface area contributed by atoms with Gasteiger partial charge in [0.25, 0.3) is 0 Å². The minimum atomic E-state index is -0.911. The largest absolute Gasteiger partial charge is 0.490 e. The molecule has 0 spiro atoms. The fraction of sp³-hybridized carbons (Fsp3) is 0.708. The van der Waals surface area contributed by atoms with Gasteiger partial charge in [0.2, 0.25) is 0 Å². The third-order valence-electron chi connectivity index (χ3n) is 5.87. The average Bonchev–Trinajstić information content (AvgIpc) is 2.69. The first-order chi connectivity index (χ1) is 14.6. The van der Waals surface area contributed by atoms with E-state index in [0.717, 1.165) is 5.56 Å². The molecule has 178 valence electrons. The maximum Gasteiger partial charge on any atom is 0.306 e. The second kappa shape index (κ2) is 13.7. The number of carboxylic acid groups (broad SMARTS) is 1. The monoisotopic (exact) mass is 441 g/mol. The van der Waals surface area contributed by atoms with Gasteiger partial charge in [0.15, 0.2) is 11.6 Å². The zero-order valence-corrected chi connectivity index (χ0v) is 19.5. The van der Waals surface area contributed by atoms with Crippen LogP contribution in [0.4, 0.5) is 4.39 Å². The number of nitrogens with two attached hydrogens (primary N) is 1. The predicted octanol–water partition coefficient (Wildman–Crippen LogP) is 3.88. The lowest BCUT2D eigenvalue weighted by Crippen LogP contribution is -2.40. The van der Waals surface area contributed by atoms with E-state index in [4.69, 9.17) is 15.2 Å². The van der Waals surface area contributed by atoms with Crippen molar-refractivity contribution in [2.75, 3.05) is 20.3 Å². The van der Waals surface area contributed by atoms with Crippen molar-refractivity contribution in [2.45, 2.75) is 65.5 Å². The van der Waals surface area contributed by atoms with E-state index in [1.165, 1.54) is 6.07 Å². The van der Waals surface area contributed by atoms with Gasteiger partial charge in [0.1, 0.15) is 0 Å². The Morgan fingerprint density at radius 1 is 1.13 bits per heavy atom. The molecule has 4 N–H and O–H groups in total. The molecular formula is C24H40FNO5. The summed E-state index contributed by atoms with van der Waals surface area (Å²) < 4.78 is 24.6. The highest BCUT2D eigenvalue weighted by molar-refractivity contribution is 5.70. The molecule has 31 heavy (non-hydrogen) atoms. The maximum atomic E-state index is 14.1. The lowest BCUT2D eigenvalue weighted by molar-refractivity contribution is -0.144. The molecule has 0 aromatic heterocycles. The zero-order valence-electron chi connectivity index (χ0n) is 19.5. The Morgan fingerprint density at radius 3 is 2.35 bits per heavy atom. The van der Waals surface area contributed by atoms with Gasteiger partial charge in [-0.3, -0.25) is 4.79 Å². The molecule has 7 heteroatoms. The first-order valence-corrected chi connectivity index (χ1v) is 11.1. The molecule has 0 aliphatic heterocycles. The Kier molecular flexibility index (Phi) is 12.0. The van der Waals surface area contributed by atoms with Crippen LogP contribution >= 0.6 is 0 Å². The number of aliphatic hydroxyl groups excluding tert-OH is 1. The molecule has 4 atom stereocenters. The van der Waals surface area contributed by atoms with Crippen LogP contribution in [0.5, 0.6) is 5.75 Å². The van der Waals surface area contributed by atoms with Crippen LogP contribution in [0.15, 0.2) is 18.2 Å². The SMILES string of the molecule is COCCCOc1cc(CC(CC(N)C(O)CC(C(=O)O)C(C)C)C(C)C)ccc1F. The zero-order chi connectivity index (χ0) is 23.6. The van der Waals surface area contributed by atoms with Gasteiger partial charge < -0.3 is 25.4 Å². The van der Waals surface area contributed by atoms with Crippen molar-refractivity contribution in [1.29, 1.82) is 0 Å². The minimum absolute atomic E-state index is 0.0817. The lowest BCUT2D eigenvalue weighted by atomic mass is 9.81. The van der Waals surface area contributed by atoms with Gasteiger partial charge in [-0.05, 0) is 54.7 Å². The van der Waals surface area contributed by atoms with Crippen LogP contribution in [0.1, 0.15) is 52.5 Å². The van der Waals surface area contributed by atoms with Crippen LogP contribution in [0.3, 0.4) is 0 Å².